The van der Waals surface area contributed by atoms with Gasteiger partial charge in [0, 0.05) is 20.4 Å². The predicted octanol–water partition coefficient (Wildman–Crippen LogP) is 4.30. The minimum Gasteiger partial charge on any atom is -0.496 e. The van der Waals surface area contributed by atoms with Crippen LogP contribution in [0.5, 0.6) is 5.75 Å². The van der Waals surface area contributed by atoms with Crippen LogP contribution in [0.2, 0.25) is 0 Å². The number of carbonyl (C=O) groups excluding carboxylic acids is 1. The van der Waals surface area contributed by atoms with E-state index in [0.29, 0.717) is 47.0 Å². The molecule has 0 bridgehead atoms. The molecule has 182 valence electrons. The lowest BCUT2D eigenvalue weighted by molar-refractivity contribution is 0.0597. The number of fused-ring (bicyclic) bond motifs is 1. The van der Waals surface area contributed by atoms with E-state index in [1.807, 2.05) is 32.0 Å². The van der Waals surface area contributed by atoms with Crippen LogP contribution in [0.4, 0.5) is 0 Å². The highest BCUT2D eigenvalue weighted by Gasteiger charge is 2.20. The lowest BCUT2D eigenvalue weighted by Gasteiger charge is -2.16. The number of ether oxygens (including phenoxy) is 2. The number of hydrogen-bond acceptors (Lipinski definition) is 8. The molecule has 0 spiro atoms. The van der Waals surface area contributed by atoms with Gasteiger partial charge in [-0.1, -0.05) is 6.08 Å². The minimum absolute atomic E-state index is 0.330. The zero-order chi connectivity index (χ0) is 25.3. The number of oxazole rings is 1. The Morgan fingerprint density at radius 1 is 1.03 bits per heavy atom. The van der Waals surface area contributed by atoms with Gasteiger partial charge in [0.25, 0.3) is 0 Å². The zero-order valence-electron chi connectivity index (χ0n) is 20.6. The number of esters is 1. The molecule has 9 heteroatoms. The number of aromatic nitrogens is 3. The highest BCUT2D eigenvalue weighted by molar-refractivity contribution is 5.96. The first-order valence-corrected chi connectivity index (χ1v) is 11.1. The first-order valence-electron chi connectivity index (χ1n) is 11.1. The third-order valence-electron chi connectivity index (χ3n) is 5.86. The largest absolute Gasteiger partial charge is 0.496 e. The van der Waals surface area contributed by atoms with Gasteiger partial charge >= 0.3 is 11.7 Å². The Kier molecular flexibility index (Phi) is 6.59. The monoisotopic (exact) mass is 477 g/mol. The molecular formula is C26H27N3O6. The van der Waals surface area contributed by atoms with Gasteiger partial charge in [-0.3, -0.25) is 4.57 Å². The molecule has 0 fully saturated rings. The van der Waals surface area contributed by atoms with E-state index in [9.17, 15) is 9.59 Å². The van der Waals surface area contributed by atoms with Crippen molar-refractivity contribution >= 4 is 22.6 Å². The van der Waals surface area contributed by atoms with Crippen LogP contribution >= 0.6 is 0 Å². The second kappa shape index (κ2) is 9.61. The summed E-state index contributed by atoms with van der Waals surface area (Å²) in [6.45, 7) is 5.52. The van der Waals surface area contributed by atoms with Gasteiger partial charge in [0.2, 0.25) is 11.8 Å². The van der Waals surface area contributed by atoms with Gasteiger partial charge in [-0.2, -0.15) is 0 Å². The van der Waals surface area contributed by atoms with E-state index in [1.54, 1.807) is 20.0 Å². The number of methoxy groups -OCH3 is 2. The van der Waals surface area contributed by atoms with Crippen molar-refractivity contribution in [2.45, 2.75) is 33.6 Å². The van der Waals surface area contributed by atoms with E-state index in [2.05, 4.69) is 16.3 Å². The standard InChI is InChI=1S/C26H27N3O6/c1-14-10-17(12-20(23(14)32-5)25(30)33-6)19(8-7-9-22-28-27-16(3)34-22)18-11-15(2)24-21(13-18)29(4)26(31)35-24/h8,10-13H,7,9H2,1-6H3/b19-8+. The van der Waals surface area contributed by atoms with Crippen LogP contribution in [0.15, 0.2) is 44.0 Å². The summed E-state index contributed by atoms with van der Waals surface area (Å²) in [5.74, 6) is 0.607. The number of benzene rings is 2. The molecule has 0 radical (unpaired) electrons. The van der Waals surface area contributed by atoms with Crippen molar-refractivity contribution in [3.05, 3.63) is 80.5 Å². The molecule has 4 rings (SSSR count). The van der Waals surface area contributed by atoms with Gasteiger partial charge in [0.05, 0.1) is 19.7 Å². The van der Waals surface area contributed by atoms with Gasteiger partial charge in [-0.05, 0) is 72.4 Å². The van der Waals surface area contributed by atoms with Crippen LogP contribution in [0.1, 0.15) is 50.8 Å². The number of allylic oxidation sites excluding steroid dienone is 1. The predicted molar refractivity (Wildman–Crippen MR) is 130 cm³/mol. The molecule has 0 saturated heterocycles. The van der Waals surface area contributed by atoms with E-state index in [0.717, 1.165) is 27.8 Å². The van der Waals surface area contributed by atoms with Gasteiger partial charge in [0.1, 0.15) is 11.3 Å². The molecule has 0 amide bonds. The molecule has 0 N–H and O–H groups in total. The van der Waals surface area contributed by atoms with Crippen LogP contribution in [0.25, 0.3) is 16.7 Å². The summed E-state index contributed by atoms with van der Waals surface area (Å²) in [5.41, 5.74) is 5.72. The quantitative estimate of drug-likeness (QED) is 0.363. The van der Waals surface area contributed by atoms with Crippen molar-refractivity contribution in [3.8, 4) is 5.75 Å². The van der Waals surface area contributed by atoms with E-state index >= 15 is 0 Å². The van der Waals surface area contributed by atoms with E-state index in [4.69, 9.17) is 18.3 Å². The van der Waals surface area contributed by atoms with Crippen LogP contribution in [-0.2, 0) is 18.2 Å². The normalized spacial score (nSPS) is 11.8. The second-order valence-corrected chi connectivity index (χ2v) is 8.31. The number of rotatable bonds is 7. The molecule has 2 aromatic carbocycles. The van der Waals surface area contributed by atoms with Crippen LogP contribution in [-0.4, -0.2) is 35.0 Å². The summed E-state index contributed by atoms with van der Waals surface area (Å²) in [7, 11) is 4.53. The topological polar surface area (TPSA) is 110 Å². The SMILES string of the molecule is COC(=O)c1cc(/C(=C\CCc2nnc(C)o2)c2cc(C)c3oc(=O)n(C)c3c2)cc(C)c1OC. The van der Waals surface area contributed by atoms with E-state index in [-0.39, 0.29) is 0 Å². The van der Waals surface area contributed by atoms with Gasteiger partial charge < -0.3 is 18.3 Å². The molecule has 4 aromatic rings. The Labute approximate surface area is 202 Å². The number of carbonyl (C=O) groups is 1. The molecule has 0 aliphatic heterocycles. The maximum Gasteiger partial charge on any atom is 0.419 e. The van der Waals surface area contributed by atoms with Crippen molar-refractivity contribution < 1.29 is 23.1 Å². The average molecular weight is 478 g/mol. The molecule has 35 heavy (non-hydrogen) atoms. The van der Waals surface area contributed by atoms with Crippen LogP contribution < -0.4 is 10.5 Å². The molecule has 0 unspecified atom stereocenters. The molecular weight excluding hydrogens is 450 g/mol. The third kappa shape index (κ3) is 4.62. The fourth-order valence-electron chi connectivity index (χ4n) is 4.19. The van der Waals surface area contributed by atoms with E-state index in [1.165, 1.54) is 18.8 Å². The number of nitrogens with zero attached hydrogens (tertiary/aromatic N) is 3. The molecule has 2 aromatic heterocycles. The first kappa shape index (κ1) is 24.0. The molecule has 0 aliphatic rings. The zero-order valence-corrected chi connectivity index (χ0v) is 20.6. The van der Waals surface area contributed by atoms with Gasteiger partial charge in [-0.15, -0.1) is 10.2 Å². The van der Waals surface area contributed by atoms with Crippen LogP contribution in [0.3, 0.4) is 0 Å². The maximum absolute atomic E-state index is 12.5. The van der Waals surface area contributed by atoms with Crippen molar-refractivity contribution in [1.29, 1.82) is 0 Å². The van der Waals surface area contributed by atoms with Crippen LogP contribution in [0, 0.1) is 20.8 Å². The fraction of sp³-hybridized carbons (Fsp3) is 0.308. The second-order valence-electron chi connectivity index (χ2n) is 8.31. The van der Waals surface area contributed by atoms with E-state index < -0.39 is 11.7 Å². The lowest BCUT2D eigenvalue weighted by Crippen LogP contribution is -2.08. The Morgan fingerprint density at radius 2 is 1.74 bits per heavy atom. The lowest BCUT2D eigenvalue weighted by atomic mass is 9.92. The Morgan fingerprint density at radius 3 is 2.40 bits per heavy atom. The third-order valence-corrected chi connectivity index (χ3v) is 5.86. The highest BCUT2D eigenvalue weighted by atomic mass is 16.5. The smallest absolute Gasteiger partial charge is 0.419 e. The molecule has 2 heterocycles. The average Bonchev–Trinajstić information content (AvgIpc) is 3.38. The summed E-state index contributed by atoms with van der Waals surface area (Å²) >= 11 is 0. The Bertz CT molecular complexity index is 1510. The molecule has 0 aliphatic carbocycles. The van der Waals surface area contributed by atoms with Crippen molar-refractivity contribution in [2.24, 2.45) is 7.05 Å². The van der Waals surface area contributed by atoms with Crippen molar-refractivity contribution in [2.75, 3.05) is 14.2 Å². The summed E-state index contributed by atoms with van der Waals surface area (Å²) in [6.07, 6.45) is 3.21. The minimum atomic E-state index is -0.489. The maximum atomic E-state index is 12.5. The Balaban J connectivity index is 1.89. The summed E-state index contributed by atoms with van der Waals surface area (Å²) in [6, 6.07) is 7.59. The van der Waals surface area contributed by atoms with Crippen molar-refractivity contribution in [3.63, 3.8) is 0 Å². The summed E-state index contributed by atoms with van der Waals surface area (Å²) in [5, 5.41) is 7.95. The Hall–Kier alpha value is -4.14. The first-order chi connectivity index (χ1) is 16.7. The van der Waals surface area contributed by atoms with Gasteiger partial charge in [-0.25, -0.2) is 9.59 Å². The number of aryl methyl sites for hydroxylation is 5. The van der Waals surface area contributed by atoms with Crippen molar-refractivity contribution in [1.82, 2.24) is 14.8 Å². The number of hydrogen-bond donors (Lipinski definition) is 0. The summed E-state index contributed by atoms with van der Waals surface area (Å²) in [4.78, 5) is 24.7. The highest BCUT2D eigenvalue weighted by Crippen LogP contribution is 2.34. The fourth-order valence-corrected chi connectivity index (χ4v) is 4.19. The van der Waals surface area contributed by atoms with Gasteiger partial charge in [0.15, 0.2) is 5.58 Å². The molecule has 9 nitrogen and oxygen atoms in total. The summed E-state index contributed by atoms with van der Waals surface area (Å²) < 4.78 is 22.9. The molecule has 0 saturated carbocycles. The molecule has 0 atom stereocenters.